The Hall–Kier alpha value is -0.830. The van der Waals surface area contributed by atoms with Crippen LogP contribution >= 0.6 is 0 Å². The highest BCUT2D eigenvalue weighted by atomic mass is 16.4. The van der Waals surface area contributed by atoms with Gasteiger partial charge in [0, 0.05) is 13.1 Å². The van der Waals surface area contributed by atoms with E-state index in [4.69, 9.17) is 0 Å². The molecule has 1 unspecified atom stereocenters. The fourth-order valence-corrected chi connectivity index (χ4v) is 2.26. The van der Waals surface area contributed by atoms with Crippen LogP contribution in [0.2, 0.25) is 0 Å². The monoisotopic (exact) mass is 197 g/mol. The number of likely N-dealkylation sites (tertiary alicyclic amines) is 1. The summed E-state index contributed by atoms with van der Waals surface area (Å²) in [7, 11) is 0. The molecule has 0 aliphatic carbocycles. The van der Waals surface area contributed by atoms with Gasteiger partial charge in [-0.05, 0) is 19.4 Å². The summed E-state index contributed by atoms with van der Waals surface area (Å²) in [6.07, 6.45) is 4.35. The first-order valence-electron chi connectivity index (χ1n) is 5.21. The van der Waals surface area contributed by atoms with Crippen molar-refractivity contribution in [2.24, 2.45) is 5.41 Å². The van der Waals surface area contributed by atoms with Gasteiger partial charge in [-0.2, -0.15) is 0 Å². The van der Waals surface area contributed by atoms with Crippen LogP contribution in [0.25, 0.3) is 0 Å². The number of aliphatic carboxylic acids is 1. The maximum Gasteiger partial charge on any atom is 0.310 e. The molecule has 1 aliphatic heterocycles. The highest BCUT2D eigenvalue weighted by molar-refractivity contribution is 5.75. The standard InChI is InChI=1S/C11H19NO2/c1-3-5-11(10(13)14)6-8-12(9-11)7-4-2/h4H,2-3,5-9H2,1H3,(H,13,14). The molecule has 1 N–H and O–H groups in total. The minimum Gasteiger partial charge on any atom is -0.481 e. The molecule has 0 aromatic rings. The van der Waals surface area contributed by atoms with Crippen LogP contribution < -0.4 is 0 Å². The van der Waals surface area contributed by atoms with Gasteiger partial charge in [-0.1, -0.05) is 19.4 Å². The van der Waals surface area contributed by atoms with Crippen LogP contribution in [0.4, 0.5) is 0 Å². The van der Waals surface area contributed by atoms with Gasteiger partial charge in [0.25, 0.3) is 0 Å². The topological polar surface area (TPSA) is 40.5 Å². The van der Waals surface area contributed by atoms with Gasteiger partial charge in [-0.25, -0.2) is 0 Å². The Morgan fingerprint density at radius 2 is 2.43 bits per heavy atom. The number of carboxylic acids is 1. The lowest BCUT2D eigenvalue weighted by Crippen LogP contribution is -2.34. The Bertz CT molecular complexity index is 227. The fraction of sp³-hybridized carbons (Fsp3) is 0.727. The van der Waals surface area contributed by atoms with Crippen LogP contribution in [0.3, 0.4) is 0 Å². The minimum atomic E-state index is -0.633. The Kier molecular flexibility index (Phi) is 3.69. The van der Waals surface area contributed by atoms with Crippen LogP contribution in [0.1, 0.15) is 26.2 Å². The van der Waals surface area contributed by atoms with Gasteiger partial charge < -0.3 is 5.11 Å². The van der Waals surface area contributed by atoms with Crippen molar-refractivity contribution < 1.29 is 9.90 Å². The van der Waals surface area contributed by atoms with E-state index in [1.54, 1.807) is 0 Å². The lowest BCUT2D eigenvalue weighted by atomic mass is 9.83. The molecule has 1 heterocycles. The molecule has 1 saturated heterocycles. The average molecular weight is 197 g/mol. The maximum atomic E-state index is 11.2. The first-order chi connectivity index (χ1) is 6.64. The van der Waals surface area contributed by atoms with Crippen molar-refractivity contribution in [3.8, 4) is 0 Å². The molecule has 1 fully saturated rings. The highest BCUT2D eigenvalue weighted by Crippen LogP contribution is 2.35. The first-order valence-corrected chi connectivity index (χ1v) is 5.21. The van der Waals surface area contributed by atoms with Crippen molar-refractivity contribution in [1.82, 2.24) is 4.90 Å². The molecule has 0 spiro atoms. The molecule has 80 valence electrons. The van der Waals surface area contributed by atoms with Crippen molar-refractivity contribution in [1.29, 1.82) is 0 Å². The van der Waals surface area contributed by atoms with Gasteiger partial charge in [-0.15, -0.1) is 6.58 Å². The number of nitrogens with zero attached hydrogens (tertiary/aromatic N) is 1. The fourth-order valence-electron chi connectivity index (χ4n) is 2.26. The summed E-state index contributed by atoms with van der Waals surface area (Å²) in [5, 5.41) is 9.23. The van der Waals surface area contributed by atoms with Gasteiger partial charge in [0.15, 0.2) is 0 Å². The Balaban J connectivity index is 2.63. The van der Waals surface area contributed by atoms with Crippen molar-refractivity contribution in [2.45, 2.75) is 26.2 Å². The molecule has 3 nitrogen and oxygen atoms in total. The molecular formula is C11H19NO2. The molecule has 0 aromatic carbocycles. The predicted octanol–water partition coefficient (Wildman–Crippen LogP) is 1.75. The molecule has 0 aromatic heterocycles. The van der Waals surface area contributed by atoms with E-state index in [1.165, 1.54) is 0 Å². The van der Waals surface area contributed by atoms with Gasteiger partial charge in [0.05, 0.1) is 5.41 Å². The summed E-state index contributed by atoms with van der Waals surface area (Å²) >= 11 is 0. The zero-order valence-electron chi connectivity index (χ0n) is 8.83. The second-order valence-electron chi connectivity index (χ2n) is 4.11. The molecule has 1 aliphatic rings. The summed E-state index contributed by atoms with van der Waals surface area (Å²) in [5.74, 6) is -0.633. The van der Waals surface area contributed by atoms with Gasteiger partial charge in [0.1, 0.15) is 0 Å². The summed E-state index contributed by atoms with van der Waals surface area (Å²) in [4.78, 5) is 13.4. The highest BCUT2D eigenvalue weighted by Gasteiger charge is 2.43. The quantitative estimate of drug-likeness (QED) is 0.683. The Labute approximate surface area is 85.4 Å². The maximum absolute atomic E-state index is 11.2. The molecule has 1 atom stereocenters. The van der Waals surface area contributed by atoms with Gasteiger partial charge >= 0.3 is 5.97 Å². The van der Waals surface area contributed by atoms with E-state index in [9.17, 15) is 9.90 Å². The van der Waals surface area contributed by atoms with E-state index in [0.29, 0.717) is 6.54 Å². The van der Waals surface area contributed by atoms with Crippen molar-refractivity contribution in [3.05, 3.63) is 12.7 Å². The van der Waals surface area contributed by atoms with E-state index < -0.39 is 11.4 Å². The summed E-state index contributed by atoms with van der Waals surface area (Å²) < 4.78 is 0. The second kappa shape index (κ2) is 4.60. The lowest BCUT2D eigenvalue weighted by Gasteiger charge is -2.23. The lowest BCUT2D eigenvalue weighted by molar-refractivity contribution is -0.148. The number of carboxylic acid groups (broad SMARTS) is 1. The number of hydrogen-bond acceptors (Lipinski definition) is 2. The summed E-state index contributed by atoms with van der Waals surface area (Å²) in [5.41, 5.74) is -0.488. The molecule has 0 radical (unpaired) electrons. The average Bonchev–Trinajstić information content (AvgIpc) is 2.51. The summed E-state index contributed by atoms with van der Waals surface area (Å²) in [6.45, 7) is 8.09. The predicted molar refractivity (Wildman–Crippen MR) is 56.2 cm³/mol. The Morgan fingerprint density at radius 3 is 2.93 bits per heavy atom. The molecule has 0 amide bonds. The van der Waals surface area contributed by atoms with Crippen molar-refractivity contribution in [2.75, 3.05) is 19.6 Å². The first kappa shape index (κ1) is 11.2. The zero-order valence-corrected chi connectivity index (χ0v) is 8.83. The van der Waals surface area contributed by atoms with E-state index in [2.05, 4.69) is 11.5 Å². The largest absolute Gasteiger partial charge is 0.481 e. The third-order valence-electron chi connectivity index (χ3n) is 3.00. The smallest absolute Gasteiger partial charge is 0.310 e. The van der Waals surface area contributed by atoms with E-state index >= 15 is 0 Å². The van der Waals surface area contributed by atoms with E-state index in [0.717, 1.165) is 32.4 Å². The summed E-state index contributed by atoms with van der Waals surface area (Å²) in [6, 6.07) is 0. The number of hydrogen-bond donors (Lipinski definition) is 1. The van der Waals surface area contributed by atoms with Crippen molar-refractivity contribution in [3.63, 3.8) is 0 Å². The third kappa shape index (κ3) is 2.15. The van der Waals surface area contributed by atoms with Crippen molar-refractivity contribution >= 4 is 5.97 Å². The molecule has 0 bridgehead atoms. The SMILES string of the molecule is C=CCN1CCC(CCC)(C(=O)O)C1. The van der Waals surface area contributed by atoms with Gasteiger partial charge in [-0.3, -0.25) is 9.69 Å². The third-order valence-corrected chi connectivity index (χ3v) is 3.00. The molecule has 1 rings (SSSR count). The van der Waals surface area contributed by atoms with Crippen LogP contribution in [0, 0.1) is 5.41 Å². The molecule has 0 saturated carbocycles. The van der Waals surface area contributed by atoms with Gasteiger partial charge in [0.2, 0.25) is 0 Å². The zero-order chi connectivity index (χ0) is 10.6. The van der Waals surface area contributed by atoms with E-state index in [-0.39, 0.29) is 0 Å². The number of carbonyl (C=O) groups is 1. The Morgan fingerprint density at radius 1 is 1.71 bits per heavy atom. The second-order valence-corrected chi connectivity index (χ2v) is 4.11. The van der Waals surface area contributed by atoms with Crippen LogP contribution in [-0.4, -0.2) is 35.6 Å². The molecule has 3 heteroatoms. The van der Waals surface area contributed by atoms with Crippen LogP contribution in [0.5, 0.6) is 0 Å². The normalized spacial score (nSPS) is 27.8. The molecule has 14 heavy (non-hydrogen) atoms. The van der Waals surface area contributed by atoms with Crippen LogP contribution in [0.15, 0.2) is 12.7 Å². The van der Waals surface area contributed by atoms with E-state index in [1.807, 2.05) is 13.0 Å². The number of rotatable bonds is 5. The minimum absolute atomic E-state index is 0.488. The van der Waals surface area contributed by atoms with Crippen LogP contribution in [-0.2, 0) is 4.79 Å². The molecular weight excluding hydrogens is 178 g/mol.